The second kappa shape index (κ2) is 14.5. The highest BCUT2D eigenvalue weighted by Crippen LogP contribution is 2.46. The molecule has 5 heterocycles. The number of ether oxygens (including phenoxy) is 2. The number of methoxy groups -OCH3 is 1. The van der Waals surface area contributed by atoms with Crippen molar-refractivity contribution < 1.29 is 32.2 Å². The van der Waals surface area contributed by atoms with Gasteiger partial charge in [0.2, 0.25) is 5.95 Å². The van der Waals surface area contributed by atoms with Crippen LogP contribution in [-0.4, -0.2) is 75.3 Å². The van der Waals surface area contributed by atoms with Crippen LogP contribution < -0.4 is 10.2 Å². The SMILES string of the molecule is CCOC(=O)CCC1CCc2nc(C(=O)Nc3nc4nc(-c5cnc(C6CC6)c(C(F)(F)F)c5)cc(N(C)CC5(COC)CCCC5)c4[nH]3)cn2C1. The first kappa shape index (κ1) is 35.9. The molecule has 0 bridgehead atoms. The van der Waals surface area contributed by atoms with Gasteiger partial charge in [-0.05, 0) is 63.5 Å². The molecule has 1 amide bonds. The van der Waals surface area contributed by atoms with Crippen molar-refractivity contribution >= 4 is 34.7 Å². The molecule has 2 saturated carbocycles. The van der Waals surface area contributed by atoms with Gasteiger partial charge in [0, 0.05) is 69.4 Å². The smallest absolute Gasteiger partial charge is 0.418 e. The fourth-order valence-corrected chi connectivity index (χ4v) is 7.96. The molecule has 278 valence electrons. The van der Waals surface area contributed by atoms with Gasteiger partial charge >= 0.3 is 12.1 Å². The minimum Gasteiger partial charge on any atom is -0.466 e. The van der Waals surface area contributed by atoms with Gasteiger partial charge in [-0.3, -0.25) is 19.9 Å². The molecular weight excluding hydrogens is 677 g/mol. The number of carbonyl (C=O) groups is 2. The van der Waals surface area contributed by atoms with E-state index in [1.165, 1.54) is 6.20 Å². The second-order valence-electron chi connectivity index (χ2n) is 14.6. The van der Waals surface area contributed by atoms with Gasteiger partial charge in [0.05, 0.1) is 35.9 Å². The normalized spacial score (nSPS) is 18.4. The van der Waals surface area contributed by atoms with E-state index < -0.39 is 17.6 Å². The van der Waals surface area contributed by atoms with Gasteiger partial charge in [0.25, 0.3) is 5.91 Å². The number of imidazole rings is 2. The molecule has 2 aliphatic carbocycles. The van der Waals surface area contributed by atoms with Crippen LogP contribution in [0.3, 0.4) is 0 Å². The van der Waals surface area contributed by atoms with Crippen molar-refractivity contribution in [3.63, 3.8) is 0 Å². The number of aromatic amines is 1. The van der Waals surface area contributed by atoms with Gasteiger partial charge < -0.3 is 23.9 Å². The van der Waals surface area contributed by atoms with Crippen LogP contribution in [0.25, 0.3) is 22.4 Å². The number of nitrogens with zero attached hydrogens (tertiary/aromatic N) is 6. The number of pyridine rings is 2. The predicted octanol–water partition coefficient (Wildman–Crippen LogP) is 6.91. The summed E-state index contributed by atoms with van der Waals surface area (Å²) in [4.78, 5) is 48.8. The first-order chi connectivity index (χ1) is 24.9. The van der Waals surface area contributed by atoms with Crippen molar-refractivity contribution in [1.29, 1.82) is 0 Å². The lowest BCUT2D eigenvalue weighted by Gasteiger charge is -2.34. The summed E-state index contributed by atoms with van der Waals surface area (Å²) in [5.74, 6) is 0.369. The van der Waals surface area contributed by atoms with Crippen molar-refractivity contribution in [3.05, 3.63) is 47.3 Å². The van der Waals surface area contributed by atoms with E-state index in [1.807, 2.05) is 11.6 Å². The molecule has 52 heavy (non-hydrogen) atoms. The number of amides is 1. The second-order valence-corrected chi connectivity index (χ2v) is 14.6. The summed E-state index contributed by atoms with van der Waals surface area (Å²) in [6, 6.07) is 2.90. The van der Waals surface area contributed by atoms with Gasteiger partial charge in [-0.25, -0.2) is 9.97 Å². The van der Waals surface area contributed by atoms with Crippen molar-refractivity contribution in [2.45, 2.75) is 89.8 Å². The van der Waals surface area contributed by atoms with E-state index in [1.54, 1.807) is 26.3 Å². The molecule has 4 aromatic rings. The number of aromatic nitrogens is 6. The van der Waals surface area contributed by atoms with Crippen molar-refractivity contribution in [3.8, 4) is 11.3 Å². The molecule has 0 spiro atoms. The molecule has 3 aliphatic rings. The Morgan fingerprint density at radius 1 is 1.13 bits per heavy atom. The Bertz CT molecular complexity index is 1950. The topological polar surface area (TPSA) is 140 Å². The van der Waals surface area contributed by atoms with Crippen LogP contribution >= 0.6 is 0 Å². The Morgan fingerprint density at radius 2 is 1.92 bits per heavy atom. The predicted molar refractivity (Wildman–Crippen MR) is 188 cm³/mol. The van der Waals surface area contributed by atoms with Gasteiger partial charge in [-0.15, -0.1) is 0 Å². The van der Waals surface area contributed by atoms with Crippen LogP contribution in [0, 0.1) is 11.3 Å². The molecule has 0 radical (unpaired) electrons. The zero-order valence-corrected chi connectivity index (χ0v) is 29.8. The minimum atomic E-state index is -4.56. The summed E-state index contributed by atoms with van der Waals surface area (Å²) < 4.78 is 55.3. The maximum absolute atomic E-state index is 14.2. The summed E-state index contributed by atoms with van der Waals surface area (Å²) in [6.45, 7) is 4.03. The number of hydrogen-bond donors (Lipinski definition) is 2. The number of H-pyrrole nitrogens is 1. The molecule has 12 nitrogen and oxygen atoms in total. The molecule has 1 aliphatic heterocycles. The number of hydrogen-bond acceptors (Lipinski definition) is 9. The summed E-state index contributed by atoms with van der Waals surface area (Å²) >= 11 is 0. The Labute approximate surface area is 299 Å². The van der Waals surface area contributed by atoms with E-state index in [0.29, 0.717) is 75.3 Å². The summed E-state index contributed by atoms with van der Waals surface area (Å²) in [7, 11) is 3.64. The molecule has 0 aromatic carbocycles. The van der Waals surface area contributed by atoms with E-state index in [9.17, 15) is 22.8 Å². The van der Waals surface area contributed by atoms with E-state index in [4.69, 9.17) is 9.47 Å². The lowest BCUT2D eigenvalue weighted by molar-refractivity contribution is -0.143. The standard InChI is InChI=1S/C37H45F3N8O4/c1-4-52-30(49)12-8-22-7-11-29-42-27(19-48(29)18-22)34(50)46-35-44-32-28(47(2)20-36(21-51-3)13-5-6-14-36)16-26(43-33(32)45-35)24-15-25(37(38,39)40)31(41-17-24)23-9-10-23/h15-17,19,22-23H,4-14,18,20-21H2,1-3H3,(H2,43,44,45,46,50). The van der Waals surface area contributed by atoms with Crippen LogP contribution in [0.5, 0.6) is 0 Å². The maximum atomic E-state index is 14.2. The highest BCUT2D eigenvalue weighted by molar-refractivity contribution is 6.03. The Balaban J connectivity index is 1.18. The van der Waals surface area contributed by atoms with Crippen LogP contribution in [0.4, 0.5) is 24.8 Å². The number of esters is 1. The molecule has 1 unspecified atom stereocenters. The average Bonchev–Trinajstić information content (AvgIpc) is 3.49. The third-order valence-corrected chi connectivity index (χ3v) is 10.6. The Morgan fingerprint density at radius 3 is 2.63 bits per heavy atom. The van der Waals surface area contributed by atoms with Gasteiger partial charge in [0.1, 0.15) is 17.0 Å². The van der Waals surface area contributed by atoms with Gasteiger partial charge in [0.15, 0.2) is 5.65 Å². The van der Waals surface area contributed by atoms with E-state index >= 15 is 0 Å². The molecular formula is C37H45F3N8O4. The van der Waals surface area contributed by atoms with Gasteiger partial charge in [-0.2, -0.15) is 18.2 Å². The van der Waals surface area contributed by atoms with Crippen LogP contribution in [-0.2, 0) is 33.4 Å². The maximum Gasteiger partial charge on any atom is 0.418 e. The van der Waals surface area contributed by atoms with Crippen LogP contribution in [0.15, 0.2) is 24.5 Å². The molecule has 4 aromatic heterocycles. The number of nitrogens with one attached hydrogen (secondary N) is 2. The monoisotopic (exact) mass is 722 g/mol. The van der Waals surface area contributed by atoms with E-state index in [2.05, 4.69) is 35.1 Å². The minimum absolute atomic E-state index is 0.0781. The zero-order chi connectivity index (χ0) is 36.6. The number of aryl methyl sites for hydroxylation is 1. The number of alkyl halides is 3. The van der Waals surface area contributed by atoms with Crippen molar-refractivity contribution in [2.75, 3.05) is 44.1 Å². The fourth-order valence-electron chi connectivity index (χ4n) is 7.96. The first-order valence-electron chi connectivity index (χ1n) is 18.2. The molecule has 2 fully saturated rings. The van der Waals surface area contributed by atoms with Crippen molar-refractivity contribution in [2.24, 2.45) is 11.3 Å². The first-order valence-corrected chi connectivity index (χ1v) is 18.2. The highest BCUT2D eigenvalue weighted by Gasteiger charge is 2.40. The lowest BCUT2D eigenvalue weighted by Crippen LogP contribution is -2.37. The number of halogens is 3. The third kappa shape index (κ3) is 7.64. The number of carbonyl (C=O) groups excluding carboxylic acids is 2. The zero-order valence-electron chi connectivity index (χ0n) is 29.8. The van der Waals surface area contributed by atoms with Gasteiger partial charge in [-0.1, -0.05) is 12.8 Å². The molecule has 2 N–H and O–H groups in total. The third-order valence-electron chi connectivity index (χ3n) is 10.6. The quantitative estimate of drug-likeness (QED) is 0.141. The Hall–Kier alpha value is -4.53. The Kier molecular flexibility index (Phi) is 9.98. The molecule has 1 atom stereocenters. The lowest BCUT2D eigenvalue weighted by atomic mass is 9.86. The number of anilines is 2. The average molecular weight is 723 g/mol. The summed E-state index contributed by atoms with van der Waals surface area (Å²) in [6.07, 6.45) is 6.80. The van der Waals surface area contributed by atoms with Crippen LogP contribution in [0.2, 0.25) is 0 Å². The summed E-state index contributed by atoms with van der Waals surface area (Å²) in [5.41, 5.74) is 1.50. The van der Waals surface area contributed by atoms with E-state index in [-0.39, 0.29) is 51.8 Å². The van der Waals surface area contributed by atoms with Crippen molar-refractivity contribution in [1.82, 2.24) is 29.5 Å². The molecule has 15 heteroatoms. The summed E-state index contributed by atoms with van der Waals surface area (Å²) in [5, 5.41) is 2.82. The number of fused-ring (bicyclic) bond motifs is 2. The number of rotatable bonds is 13. The molecule has 7 rings (SSSR count). The highest BCUT2D eigenvalue weighted by atomic mass is 19.4. The van der Waals surface area contributed by atoms with Crippen LogP contribution in [0.1, 0.15) is 98.2 Å². The largest absolute Gasteiger partial charge is 0.466 e. The van der Waals surface area contributed by atoms with E-state index in [0.717, 1.165) is 44.0 Å². The fraction of sp³-hybridized carbons (Fsp3) is 0.568. The molecule has 0 saturated heterocycles.